The Morgan fingerprint density at radius 1 is 1.60 bits per heavy atom. The van der Waals surface area contributed by atoms with Gasteiger partial charge in [-0.3, -0.25) is 0 Å². The maximum Gasteiger partial charge on any atom is 0.108 e. The molecule has 0 bridgehead atoms. The first-order valence-electron chi connectivity index (χ1n) is 5.58. The van der Waals surface area contributed by atoms with Crippen LogP contribution in [-0.4, -0.2) is 17.3 Å². The molecule has 1 aromatic rings. The van der Waals surface area contributed by atoms with Gasteiger partial charge in [0.05, 0.1) is 11.9 Å². The van der Waals surface area contributed by atoms with E-state index in [0.29, 0.717) is 12.6 Å². The fraction of sp³-hybridized carbons (Fsp3) is 0.667. The van der Waals surface area contributed by atoms with Crippen molar-refractivity contribution in [3.05, 3.63) is 23.7 Å². The number of nitrogens with one attached hydrogen (secondary N) is 1. The Hall–Kier alpha value is -0.800. The summed E-state index contributed by atoms with van der Waals surface area (Å²) in [7, 11) is 0. The monoisotopic (exact) mass is 209 g/mol. The van der Waals surface area contributed by atoms with Crippen molar-refractivity contribution in [2.24, 2.45) is 0 Å². The lowest BCUT2D eigenvalue weighted by atomic mass is 9.93. The van der Waals surface area contributed by atoms with Crippen LogP contribution in [0.25, 0.3) is 0 Å². The number of aryl methyl sites for hydroxylation is 1. The Balaban J connectivity index is 2.01. The number of fused-ring (bicyclic) bond motifs is 1. The highest BCUT2D eigenvalue weighted by molar-refractivity contribution is 5.24. The highest BCUT2D eigenvalue weighted by Gasteiger charge is 2.24. The first kappa shape index (κ1) is 10.7. The van der Waals surface area contributed by atoms with Gasteiger partial charge in [0, 0.05) is 24.6 Å². The van der Waals surface area contributed by atoms with Crippen LogP contribution in [-0.2, 0) is 6.42 Å². The molecule has 1 atom stereocenters. The van der Waals surface area contributed by atoms with E-state index in [1.54, 1.807) is 6.26 Å². The van der Waals surface area contributed by atoms with E-state index in [0.717, 1.165) is 25.0 Å². The summed E-state index contributed by atoms with van der Waals surface area (Å²) in [6, 6.07) is 2.38. The maximum atomic E-state index is 9.66. The number of hydrogen-bond donors (Lipinski definition) is 2. The smallest absolute Gasteiger partial charge is 0.108 e. The van der Waals surface area contributed by atoms with Crippen LogP contribution in [0.1, 0.15) is 44.1 Å². The van der Waals surface area contributed by atoms with Gasteiger partial charge in [-0.05, 0) is 32.8 Å². The third-order valence-electron chi connectivity index (χ3n) is 2.83. The van der Waals surface area contributed by atoms with Crippen molar-refractivity contribution in [1.29, 1.82) is 0 Å². The zero-order chi connectivity index (χ0) is 10.9. The van der Waals surface area contributed by atoms with E-state index in [2.05, 4.69) is 5.32 Å². The summed E-state index contributed by atoms with van der Waals surface area (Å²) in [5.74, 6) is 1.11. The van der Waals surface area contributed by atoms with Crippen molar-refractivity contribution in [2.45, 2.75) is 44.8 Å². The van der Waals surface area contributed by atoms with E-state index in [1.807, 2.05) is 19.9 Å². The Morgan fingerprint density at radius 3 is 3.13 bits per heavy atom. The lowest BCUT2D eigenvalue weighted by molar-refractivity contribution is 0.0754. The molecule has 0 aromatic carbocycles. The van der Waals surface area contributed by atoms with Crippen molar-refractivity contribution < 1.29 is 9.52 Å². The van der Waals surface area contributed by atoms with Gasteiger partial charge < -0.3 is 14.8 Å². The fourth-order valence-electron chi connectivity index (χ4n) is 2.07. The number of hydrogen-bond acceptors (Lipinski definition) is 3. The molecule has 3 nitrogen and oxygen atoms in total. The van der Waals surface area contributed by atoms with Crippen LogP contribution < -0.4 is 5.32 Å². The average molecular weight is 209 g/mol. The third-order valence-corrected chi connectivity index (χ3v) is 2.83. The molecular formula is C12H19NO2. The minimum atomic E-state index is -0.651. The minimum Gasteiger partial charge on any atom is -0.469 e. The summed E-state index contributed by atoms with van der Waals surface area (Å²) in [5.41, 5.74) is 0.618. The molecule has 1 heterocycles. The van der Waals surface area contributed by atoms with Gasteiger partial charge in [-0.25, -0.2) is 0 Å². The summed E-state index contributed by atoms with van der Waals surface area (Å²) in [6.45, 7) is 4.25. The standard InChI is InChI=1S/C12H19NO2/c1-12(2,14)8-13-10-4-3-5-11-9(10)6-7-15-11/h6-7,10,13-14H,3-5,8H2,1-2H3. The van der Waals surface area contributed by atoms with E-state index in [9.17, 15) is 5.11 Å². The molecule has 15 heavy (non-hydrogen) atoms. The molecular weight excluding hydrogens is 190 g/mol. The molecule has 84 valence electrons. The summed E-state index contributed by atoms with van der Waals surface area (Å²) in [5, 5.41) is 13.1. The number of furan rings is 1. The van der Waals surface area contributed by atoms with Crippen molar-refractivity contribution >= 4 is 0 Å². The van der Waals surface area contributed by atoms with Crippen LogP contribution in [0, 0.1) is 0 Å². The summed E-state index contributed by atoms with van der Waals surface area (Å²) < 4.78 is 5.42. The van der Waals surface area contributed by atoms with Gasteiger partial charge in [0.15, 0.2) is 0 Å². The van der Waals surface area contributed by atoms with Crippen molar-refractivity contribution in [2.75, 3.05) is 6.54 Å². The lowest BCUT2D eigenvalue weighted by Crippen LogP contribution is -2.37. The van der Waals surface area contributed by atoms with E-state index < -0.39 is 5.60 Å². The molecule has 0 radical (unpaired) electrons. The number of rotatable bonds is 3. The molecule has 0 saturated carbocycles. The summed E-state index contributed by atoms with van der Waals surface area (Å²) in [4.78, 5) is 0. The second-order valence-corrected chi connectivity index (χ2v) is 4.94. The summed E-state index contributed by atoms with van der Waals surface area (Å²) in [6.07, 6.45) is 5.09. The summed E-state index contributed by atoms with van der Waals surface area (Å²) >= 11 is 0. The van der Waals surface area contributed by atoms with E-state index in [1.165, 1.54) is 5.56 Å². The van der Waals surface area contributed by atoms with Gasteiger partial charge in [-0.15, -0.1) is 0 Å². The minimum absolute atomic E-state index is 0.346. The zero-order valence-electron chi connectivity index (χ0n) is 9.42. The van der Waals surface area contributed by atoms with Gasteiger partial charge in [0.2, 0.25) is 0 Å². The second-order valence-electron chi connectivity index (χ2n) is 4.94. The van der Waals surface area contributed by atoms with Gasteiger partial charge in [0.1, 0.15) is 5.76 Å². The topological polar surface area (TPSA) is 45.4 Å². The molecule has 1 aliphatic rings. The predicted octanol–water partition coefficient (Wildman–Crippen LogP) is 2.02. The fourth-order valence-corrected chi connectivity index (χ4v) is 2.07. The molecule has 0 fully saturated rings. The molecule has 1 aromatic heterocycles. The quantitative estimate of drug-likeness (QED) is 0.800. The Kier molecular flexibility index (Phi) is 2.85. The van der Waals surface area contributed by atoms with Crippen LogP contribution in [0.3, 0.4) is 0 Å². The molecule has 2 rings (SSSR count). The first-order chi connectivity index (χ1) is 7.06. The first-order valence-corrected chi connectivity index (χ1v) is 5.58. The van der Waals surface area contributed by atoms with Gasteiger partial charge in [0.25, 0.3) is 0 Å². The number of aliphatic hydroxyl groups is 1. The average Bonchev–Trinajstić information content (AvgIpc) is 2.61. The van der Waals surface area contributed by atoms with Gasteiger partial charge >= 0.3 is 0 Å². The van der Waals surface area contributed by atoms with Crippen LogP contribution in [0.5, 0.6) is 0 Å². The Bertz CT molecular complexity index is 325. The van der Waals surface area contributed by atoms with Crippen molar-refractivity contribution in [3.63, 3.8) is 0 Å². The second kappa shape index (κ2) is 3.99. The predicted molar refractivity (Wildman–Crippen MR) is 58.7 cm³/mol. The Morgan fingerprint density at radius 2 is 2.40 bits per heavy atom. The largest absolute Gasteiger partial charge is 0.469 e. The molecule has 0 amide bonds. The highest BCUT2D eigenvalue weighted by atomic mass is 16.3. The molecule has 1 aliphatic carbocycles. The van der Waals surface area contributed by atoms with Crippen LogP contribution in [0.15, 0.2) is 16.7 Å². The van der Waals surface area contributed by atoms with Crippen LogP contribution in [0.4, 0.5) is 0 Å². The molecule has 0 saturated heterocycles. The molecule has 0 aliphatic heterocycles. The third kappa shape index (κ3) is 2.61. The Labute approximate surface area is 90.5 Å². The molecule has 0 spiro atoms. The van der Waals surface area contributed by atoms with Crippen molar-refractivity contribution in [1.82, 2.24) is 5.32 Å². The highest BCUT2D eigenvalue weighted by Crippen LogP contribution is 2.30. The van der Waals surface area contributed by atoms with E-state index >= 15 is 0 Å². The van der Waals surface area contributed by atoms with E-state index in [-0.39, 0.29) is 0 Å². The zero-order valence-corrected chi connectivity index (χ0v) is 9.42. The maximum absolute atomic E-state index is 9.66. The SMILES string of the molecule is CC(C)(O)CNC1CCCc2occc21. The normalized spacial score (nSPS) is 21.4. The van der Waals surface area contributed by atoms with Gasteiger partial charge in [-0.1, -0.05) is 0 Å². The lowest BCUT2D eigenvalue weighted by Gasteiger charge is -2.26. The van der Waals surface area contributed by atoms with Crippen LogP contribution in [0.2, 0.25) is 0 Å². The molecule has 2 N–H and O–H groups in total. The molecule has 3 heteroatoms. The van der Waals surface area contributed by atoms with Crippen LogP contribution >= 0.6 is 0 Å². The van der Waals surface area contributed by atoms with Crippen molar-refractivity contribution in [3.8, 4) is 0 Å². The van der Waals surface area contributed by atoms with E-state index in [4.69, 9.17) is 4.42 Å². The van der Waals surface area contributed by atoms with Gasteiger partial charge in [-0.2, -0.15) is 0 Å². The molecule has 1 unspecified atom stereocenters.